The minimum atomic E-state index is -3.30. The SMILES string of the molecule is Cc1cccc(/C=C/c2cnc(Nc3ccc(S(=O)(=O)C4CCNCC4)cc3)nc2)c1. The Morgan fingerprint density at radius 3 is 2.32 bits per heavy atom. The largest absolute Gasteiger partial charge is 0.324 e. The van der Waals surface area contributed by atoms with Crippen LogP contribution in [0.4, 0.5) is 11.6 Å². The lowest BCUT2D eigenvalue weighted by atomic mass is 10.1. The highest BCUT2D eigenvalue weighted by Crippen LogP contribution is 2.24. The number of rotatable bonds is 6. The molecule has 6 nitrogen and oxygen atoms in total. The zero-order chi connectivity index (χ0) is 21.7. The highest BCUT2D eigenvalue weighted by Gasteiger charge is 2.28. The van der Waals surface area contributed by atoms with Crippen molar-refractivity contribution in [1.82, 2.24) is 15.3 Å². The molecule has 0 spiro atoms. The van der Waals surface area contributed by atoms with Gasteiger partial charge in [-0.05, 0) is 62.7 Å². The number of nitrogens with zero attached hydrogens (tertiary/aromatic N) is 2. The molecule has 31 heavy (non-hydrogen) atoms. The van der Waals surface area contributed by atoms with E-state index in [2.05, 4.69) is 45.7 Å². The third-order valence-corrected chi connectivity index (χ3v) is 7.62. The molecule has 4 rings (SSSR count). The lowest BCUT2D eigenvalue weighted by Crippen LogP contribution is -2.35. The first-order valence-electron chi connectivity index (χ1n) is 10.4. The van der Waals surface area contributed by atoms with Crippen molar-refractivity contribution in [3.8, 4) is 0 Å². The van der Waals surface area contributed by atoms with Gasteiger partial charge in [0.05, 0.1) is 10.1 Å². The van der Waals surface area contributed by atoms with Gasteiger partial charge in [-0.1, -0.05) is 42.0 Å². The van der Waals surface area contributed by atoms with E-state index >= 15 is 0 Å². The molecule has 1 aliphatic heterocycles. The first-order chi connectivity index (χ1) is 15.0. The summed E-state index contributed by atoms with van der Waals surface area (Å²) >= 11 is 0. The smallest absolute Gasteiger partial charge is 0.227 e. The van der Waals surface area contributed by atoms with Crippen LogP contribution in [0.25, 0.3) is 12.2 Å². The molecule has 160 valence electrons. The van der Waals surface area contributed by atoms with Gasteiger partial charge in [0.1, 0.15) is 0 Å². The van der Waals surface area contributed by atoms with E-state index < -0.39 is 9.84 Å². The van der Waals surface area contributed by atoms with Crippen LogP contribution in [0, 0.1) is 6.92 Å². The first kappa shape index (κ1) is 21.2. The molecular formula is C24H26N4O2S. The predicted octanol–water partition coefficient (Wildman–Crippen LogP) is 4.22. The van der Waals surface area contributed by atoms with E-state index in [0.29, 0.717) is 23.7 Å². The maximum atomic E-state index is 12.8. The molecule has 2 heterocycles. The van der Waals surface area contributed by atoms with Crippen LogP contribution in [0.3, 0.4) is 0 Å². The second-order valence-corrected chi connectivity index (χ2v) is 9.96. The minimum Gasteiger partial charge on any atom is -0.324 e. The van der Waals surface area contributed by atoms with Gasteiger partial charge in [-0.25, -0.2) is 18.4 Å². The average Bonchev–Trinajstić information content (AvgIpc) is 2.80. The maximum absolute atomic E-state index is 12.8. The molecule has 0 saturated carbocycles. The first-order valence-corrected chi connectivity index (χ1v) is 11.9. The van der Waals surface area contributed by atoms with Gasteiger partial charge in [-0.3, -0.25) is 0 Å². The molecule has 0 aliphatic carbocycles. The fourth-order valence-electron chi connectivity index (χ4n) is 3.61. The molecule has 0 bridgehead atoms. The fraction of sp³-hybridized carbons (Fsp3) is 0.250. The van der Waals surface area contributed by atoms with E-state index in [1.807, 2.05) is 18.2 Å². The number of aryl methyl sites for hydroxylation is 1. The predicted molar refractivity (Wildman–Crippen MR) is 125 cm³/mol. The number of benzene rings is 2. The van der Waals surface area contributed by atoms with Gasteiger partial charge in [0.2, 0.25) is 5.95 Å². The Kier molecular flexibility index (Phi) is 6.44. The topological polar surface area (TPSA) is 84.0 Å². The van der Waals surface area contributed by atoms with Crippen molar-refractivity contribution in [3.63, 3.8) is 0 Å². The van der Waals surface area contributed by atoms with E-state index in [9.17, 15) is 8.42 Å². The molecular weight excluding hydrogens is 408 g/mol. The number of hydrogen-bond acceptors (Lipinski definition) is 6. The Hall–Kier alpha value is -3.03. The Bertz CT molecular complexity index is 1150. The number of sulfone groups is 1. The van der Waals surface area contributed by atoms with E-state index in [4.69, 9.17) is 0 Å². The van der Waals surface area contributed by atoms with Crippen molar-refractivity contribution in [3.05, 3.63) is 77.6 Å². The summed E-state index contributed by atoms with van der Waals surface area (Å²) in [5.74, 6) is 0.460. The van der Waals surface area contributed by atoms with Gasteiger partial charge < -0.3 is 10.6 Å². The van der Waals surface area contributed by atoms with Crippen LogP contribution in [-0.4, -0.2) is 36.7 Å². The van der Waals surface area contributed by atoms with Crippen molar-refractivity contribution >= 4 is 33.6 Å². The Morgan fingerprint density at radius 2 is 1.65 bits per heavy atom. The van der Waals surface area contributed by atoms with Crippen LogP contribution >= 0.6 is 0 Å². The number of nitrogens with one attached hydrogen (secondary N) is 2. The maximum Gasteiger partial charge on any atom is 0.227 e. The van der Waals surface area contributed by atoms with E-state index in [1.54, 1.807) is 36.7 Å². The molecule has 0 radical (unpaired) electrons. The Morgan fingerprint density at radius 1 is 0.968 bits per heavy atom. The highest BCUT2D eigenvalue weighted by atomic mass is 32.2. The van der Waals surface area contributed by atoms with Crippen LogP contribution in [0.2, 0.25) is 0 Å². The van der Waals surface area contributed by atoms with Crippen LogP contribution in [0.5, 0.6) is 0 Å². The van der Waals surface area contributed by atoms with Crippen molar-refractivity contribution in [2.24, 2.45) is 0 Å². The number of hydrogen-bond donors (Lipinski definition) is 2. The van der Waals surface area contributed by atoms with Crippen LogP contribution in [0.1, 0.15) is 29.5 Å². The van der Waals surface area contributed by atoms with Gasteiger partial charge in [0.25, 0.3) is 0 Å². The Labute approximate surface area is 183 Å². The second kappa shape index (κ2) is 9.41. The zero-order valence-corrected chi connectivity index (χ0v) is 18.3. The second-order valence-electron chi connectivity index (χ2n) is 7.73. The van der Waals surface area contributed by atoms with Crippen molar-refractivity contribution in [1.29, 1.82) is 0 Å². The quantitative estimate of drug-likeness (QED) is 0.604. The summed E-state index contributed by atoms with van der Waals surface area (Å²) in [7, 11) is -3.30. The third kappa shape index (κ3) is 5.37. The van der Waals surface area contributed by atoms with E-state index in [-0.39, 0.29) is 5.25 Å². The van der Waals surface area contributed by atoms with Crippen molar-refractivity contribution in [2.75, 3.05) is 18.4 Å². The van der Waals surface area contributed by atoms with E-state index in [1.165, 1.54) is 5.56 Å². The molecule has 1 aromatic heterocycles. The fourth-order valence-corrected chi connectivity index (χ4v) is 5.37. The summed E-state index contributed by atoms with van der Waals surface area (Å²) in [6.45, 7) is 3.56. The van der Waals surface area contributed by atoms with E-state index in [0.717, 1.165) is 29.9 Å². The summed E-state index contributed by atoms with van der Waals surface area (Å²) in [6, 6.07) is 15.1. The van der Waals surface area contributed by atoms with Gasteiger partial charge in [0, 0.05) is 23.6 Å². The number of piperidine rings is 1. The number of anilines is 2. The summed E-state index contributed by atoms with van der Waals surface area (Å²) in [5, 5.41) is 6.01. The molecule has 1 fully saturated rings. The van der Waals surface area contributed by atoms with Crippen LogP contribution in [0.15, 0.2) is 65.8 Å². The normalized spacial score (nSPS) is 15.3. The summed E-state index contributed by atoms with van der Waals surface area (Å²) in [4.78, 5) is 9.06. The molecule has 1 saturated heterocycles. The molecule has 3 aromatic rings. The molecule has 0 unspecified atom stereocenters. The molecule has 7 heteroatoms. The summed E-state index contributed by atoms with van der Waals surface area (Å²) in [5.41, 5.74) is 3.98. The minimum absolute atomic E-state index is 0.309. The third-order valence-electron chi connectivity index (χ3n) is 5.35. The molecule has 0 atom stereocenters. The Balaban J connectivity index is 1.40. The number of aromatic nitrogens is 2. The van der Waals surface area contributed by atoms with Crippen molar-refractivity contribution < 1.29 is 8.42 Å². The monoisotopic (exact) mass is 434 g/mol. The summed E-state index contributed by atoms with van der Waals surface area (Å²) in [6.07, 6.45) is 8.80. The van der Waals surface area contributed by atoms with Gasteiger partial charge in [-0.2, -0.15) is 0 Å². The standard InChI is InChI=1S/C24H26N4O2S/c1-18-3-2-4-19(15-18)5-6-20-16-26-24(27-17-20)28-21-7-9-22(10-8-21)31(29,30)23-11-13-25-14-12-23/h2-10,15-17,23,25H,11-14H2,1H3,(H,26,27,28)/b6-5+. The molecule has 2 aromatic carbocycles. The van der Waals surface area contributed by atoms with Gasteiger partial charge in [0.15, 0.2) is 9.84 Å². The average molecular weight is 435 g/mol. The molecule has 0 amide bonds. The van der Waals surface area contributed by atoms with Crippen LogP contribution in [-0.2, 0) is 9.84 Å². The van der Waals surface area contributed by atoms with Gasteiger partial charge in [-0.15, -0.1) is 0 Å². The molecule has 2 N–H and O–H groups in total. The highest BCUT2D eigenvalue weighted by molar-refractivity contribution is 7.92. The van der Waals surface area contributed by atoms with Crippen molar-refractivity contribution in [2.45, 2.75) is 29.9 Å². The summed E-state index contributed by atoms with van der Waals surface area (Å²) < 4.78 is 25.6. The lowest BCUT2D eigenvalue weighted by molar-refractivity contribution is 0.496. The van der Waals surface area contributed by atoms with Gasteiger partial charge >= 0.3 is 0 Å². The molecule has 1 aliphatic rings. The zero-order valence-electron chi connectivity index (χ0n) is 17.5. The lowest BCUT2D eigenvalue weighted by Gasteiger charge is -2.22. The van der Waals surface area contributed by atoms with Crippen LogP contribution < -0.4 is 10.6 Å².